The topological polar surface area (TPSA) is 57.6 Å². The van der Waals surface area contributed by atoms with E-state index in [0.29, 0.717) is 23.6 Å². The summed E-state index contributed by atoms with van der Waals surface area (Å²) in [6, 6.07) is 19.6. The van der Waals surface area contributed by atoms with Gasteiger partial charge in [-0.3, -0.25) is 9.59 Å². The number of Topliss-reactive ketones (excluding diaryl/α,β-unsaturated/α-hetero) is 1. The van der Waals surface area contributed by atoms with E-state index < -0.39 is 17.7 Å². The number of hydrogen-bond acceptors (Lipinski definition) is 3. The lowest BCUT2D eigenvalue weighted by Crippen LogP contribution is -2.30. The number of carbonyl (C=O) groups is 2. The van der Waals surface area contributed by atoms with Crippen LogP contribution in [0.4, 0.5) is 0 Å². The van der Waals surface area contributed by atoms with Gasteiger partial charge in [-0.1, -0.05) is 61.0 Å². The Morgan fingerprint density at radius 1 is 1.00 bits per heavy atom. The minimum atomic E-state index is -0.663. The summed E-state index contributed by atoms with van der Waals surface area (Å²) in [6.45, 7) is 2.38. The summed E-state index contributed by atoms with van der Waals surface area (Å²) in [7, 11) is 0. The van der Waals surface area contributed by atoms with Gasteiger partial charge < -0.3 is 10.0 Å². The van der Waals surface area contributed by atoms with Crippen LogP contribution < -0.4 is 0 Å². The summed E-state index contributed by atoms with van der Waals surface area (Å²) >= 11 is 5.96. The molecule has 4 nitrogen and oxygen atoms in total. The number of aliphatic hydroxyl groups excluding tert-OH is 1. The number of ketones is 1. The van der Waals surface area contributed by atoms with Crippen molar-refractivity contribution in [3.05, 3.63) is 88.5 Å². The van der Waals surface area contributed by atoms with Gasteiger partial charge in [-0.05, 0) is 47.0 Å². The third-order valence-electron chi connectivity index (χ3n) is 5.24. The normalized spacial score (nSPS) is 18.6. The Labute approximate surface area is 174 Å². The first-order chi connectivity index (χ1) is 14.0. The van der Waals surface area contributed by atoms with Crippen LogP contribution in [-0.4, -0.2) is 28.2 Å². The Kier molecular flexibility index (Phi) is 5.12. The molecule has 0 spiro atoms. The minimum Gasteiger partial charge on any atom is -0.507 e. The first-order valence-corrected chi connectivity index (χ1v) is 9.92. The number of likely N-dealkylation sites (tertiary alicyclic amines) is 1. The van der Waals surface area contributed by atoms with E-state index in [0.717, 1.165) is 16.3 Å². The second kappa shape index (κ2) is 7.72. The number of fused-ring (bicyclic) bond motifs is 1. The summed E-state index contributed by atoms with van der Waals surface area (Å²) < 4.78 is 0. The van der Waals surface area contributed by atoms with Crippen LogP contribution in [0.1, 0.15) is 30.5 Å². The van der Waals surface area contributed by atoms with E-state index in [-0.39, 0.29) is 11.3 Å². The van der Waals surface area contributed by atoms with Gasteiger partial charge in [0.2, 0.25) is 0 Å². The second-order valence-corrected chi connectivity index (χ2v) is 7.50. The van der Waals surface area contributed by atoms with Crippen molar-refractivity contribution in [3.63, 3.8) is 0 Å². The Bertz CT molecular complexity index is 1130. The highest BCUT2D eigenvalue weighted by atomic mass is 35.5. The number of amides is 1. The SMILES string of the molecule is CCCN1C(=O)C(=O)/C(=C(\O)c2ccc(Cl)cc2)C1c1cccc2ccccc12. The number of rotatable bonds is 4. The van der Waals surface area contributed by atoms with E-state index in [1.165, 1.54) is 0 Å². The summed E-state index contributed by atoms with van der Waals surface area (Å²) in [5.41, 5.74) is 1.39. The Balaban J connectivity index is 1.97. The fourth-order valence-corrected chi connectivity index (χ4v) is 4.05. The van der Waals surface area contributed by atoms with Gasteiger partial charge in [0.15, 0.2) is 0 Å². The predicted octanol–water partition coefficient (Wildman–Crippen LogP) is 5.32. The van der Waals surface area contributed by atoms with E-state index in [1.54, 1.807) is 29.2 Å². The van der Waals surface area contributed by atoms with Gasteiger partial charge >= 0.3 is 0 Å². The maximum Gasteiger partial charge on any atom is 0.295 e. The molecule has 0 saturated carbocycles. The molecule has 0 aliphatic carbocycles. The van der Waals surface area contributed by atoms with E-state index in [9.17, 15) is 14.7 Å². The average molecular weight is 406 g/mol. The zero-order valence-corrected chi connectivity index (χ0v) is 16.7. The van der Waals surface area contributed by atoms with Crippen LogP contribution in [0, 0.1) is 0 Å². The molecule has 5 heteroatoms. The molecule has 3 aromatic carbocycles. The molecule has 1 saturated heterocycles. The van der Waals surface area contributed by atoms with Crippen LogP contribution in [0.3, 0.4) is 0 Å². The molecule has 1 unspecified atom stereocenters. The summed E-state index contributed by atoms with van der Waals surface area (Å²) in [5.74, 6) is -1.43. The van der Waals surface area contributed by atoms with Crippen molar-refractivity contribution in [2.75, 3.05) is 6.54 Å². The first-order valence-electron chi connectivity index (χ1n) is 9.55. The van der Waals surface area contributed by atoms with Gasteiger partial charge in [-0.15, -0.1) is 0 Å². The molecule has 3 aromatic rings. The Morgan fingerprint density at radius 3 is 2.41 bits per heavy atom. The van der Waals surface area contributed by atoms with E-state index >= 15 is 0 Å². The third-order valence-corrected chi connectivity index (χ3v) is 5.49. The summed E-state index contributed by atoms with van der Waals surface area (Å²) in [6.07, 6.45) is 0.704. The van der Waals surface area contributed by atoms with Gasteiger partial charge in [0.1, 0.15) is 5.76 Å². The van der Waals surface area contributed by atoms with Crippen molar-refractivity contribution in [1.29, 1.82) is 0 Å². The lowest BCUT2D eigenvalue weighted by molar-refractivity contribution is -0.139. The van der Waals surface area contributed by atoms with Gasteiger partial charge in [-0.25, -0.2) is 0 Å². The molecule has 146 valence electrons. The lowest BCUT2D eigenvalue weighted by atomic mass is 9.91. The van der Waals surface area contributed by atoms with Gasteiger partial charge in [0.05, 0.1) is 11.6 Å². The smallest absolute Gasteiger partial charge is 0.295 e. The fraction of sp³-hybridized carbons (Fsp3) is 0.167. The highest BCUT2D eigenvalue weighted by Crippen LogP contribution is 2.41. The molecule has 1 fully saturated rings. The zero-order valence-electron chi connectivity index (χ0n) is 15.9. The standard InChI is InChI=1S/C24H20ClNO3/c1-2-14-26-21(19-9-5-7-15-6-3-4-8-18(15)19)20(23(28)24(26)29)22(27)16-10-12-17(25)13-11-16/h3-13,21,27H,2,14H2,1H3/b22-20-. The second-order valence-electron chi connectivity index (χ2n) is 7.07. The highest BCUT2D eigenvalue weighted by Gasteiger charge is 2.46. The molecule has 29 heavy (non-hydrogen) atoms. The maximum atomic E-state index is 13.0. The van der Waals surface area contributed by atoms with Gasteiger partial charge in [-0.2, -0.15) is 0 Å². The number of carbonyl (C=O) groups excluding carboxylic acids is 2. The van der Waals surface area contributed by atoms with Crippen molar-refractivity contribution in [2.45, 2.75) is 19.4 Å². The van der Waals surface area contributed by atoms with E-state index in [4.69, 9.17) is 11.6 Å². The molecule has 1 atom stereocenters. The number of benzene rings is 3. The summed E-state index contributed by atoms with van der Waals surface area (Å²) in [4.78, 5) is 27.3. The van der Waals surface area contributed by atoms with E-state index in [2.05, 4.69) is 0 Å². The monoisotopic (exact) mass is 405 g/mol. The molecule has 0 radical (unpaired) electrons. The number of halogens is 1. The van der Waals surface area contributed by atoms with Crippen molar-refractivity contribution < 1.29 is 14.7 Å². The molecule has 4 rings (SSSR count). The quantitative estimate of drug-likeness (QED) is 0.363. The number of aliphatic hydroxyl groups is 1. The molecule has 0 bridgehead atoms. The molecule has 1 N–H and O–H groups in total. The molecule has 1 aliphatic rings. The molecular formula is C24H20ClNO3. The van der Waals surface area contributed by atoms with Gasteiger partial charge in [0.25, 0.3) is 11.7 Å². The van der Waals surface area contributed by atoms with E-state index in [1.807, 2.05) is 49.4 Å². The largest absolute Gasteiger partial charge is 0.507 e. The predicted molar refractivity (Wildman–Crippen MR) is 115 cm³/mol. The van der Waals surface area contributed by atoms with Gasteiger partial charge in [0, 0.05) is 17.1 Å². The fourth-order valence-electron chi connectivity index (χ4n) is 3.93. The van der Waals surface area contributed by atoms with Crippen molar-refractivity contribution in [2.24, 2.45) is 0 Å². The van der Waals surface area contributed by atoms with Crippen LogP contribution in [0.2, 0.25) is 5.02 Å². The van der Waals surface area contributed by atoms with Crippen molar-refractivity contribution in [3.8, 4) is 0 Å². The van der Waals surface area contributed by atoms with Crippen LogP contribution in [0.15, 0.2) is 72.3 Å². The van der Waals surface area contributed by atoms with Crippen LogP contribution >= 0.6 is 11.6 Å². The number of nitrogens with zero attached hydrogens (tertiary/aromatic N) is 1. The summed E-state index contributed by atoms with van der Waals surface area (Å²) in [5, 5.41) is 13.5. The molecule has 0 aromatic heterocycles. The van der Waals surface area contributed by atoms with Crippen molar-refractivity contribution in [1.82, 2.24) is 4.90 Å². The molecular weight excluding hydrogens is 386 g/mol. The van der Waals surface area contributed by atoms with Crippen LogP contribution in [-0.2, 0) is 9.59 Å². The zero-order chi connectivity index (χ0) is 20.5. The Hall–Kier alpha value is -3.11. The Morgan fingerprint density at radius 2 is 1.69 bits per heavy atom. The third kappa shape index (κ3) is 3.30. The van der Waals surface area contributed by atoms with Crippen LogP contribution in [0.5, 0.6) is 0 Å². The minimum absolute atomic E-state index is 0.113. The first kappa shape index (κ1) is 19.2. The highest BCUT2D eigenvalue weighted by molar-refractivity contribution is 6.46. The molecule has 1 amide bonds. The lowest BCUT2D eigenvalue weighted by Gasteiger charge is -2.26. The average Bonchev–Trinajstić information content (AvgIpc) is 2.98. The van der Waals surface area contributed by atoms with Crippen molar-refractivity contribution >= 4 is 39.8 Å². The molecule has 1 aliphatic heterocycles. The maximum absolute atomic E-state index is 13.0. The molecule has 1 heterocycles. The number of hydrogen-bond donors (Lipinski definition) is 1. The van der Waals surface area contributed by atoms with Crippen LogP contribution in [0.25, 0.3) is 16.5 Å².